The number of hydrogen-bond donors (Lipinski definition) is 1. The van der Waals surface area contributed by atoms with E-state index < -0.39 is 11.4 Å². The zero-order valence-electron chi connectivity index (χ0n) is 11.6. The molecule has 2 aliphatic heterocycles. The van der Waals surface area contributed by atoms with Crippen LogP contribution in [-0.4, -0.2) is 47.7 Å². The molecule has 108 valence electrons. The lowest BCUT2D eigenvalue weighted by atomic mass is 9.75. The maximum atomic E-state index is 12.2. The minimum atomic E-state index is -0.710. The Hall–Kier alpha value is -1.10. The van der Waals surface area contributed by atoms with Crippen LogP contribution in [0.2, 0.25) is 0 Å². The van der Waals surface area contributed by atoms with Crippen LogP contribution in [-0.2, 0) is 14.3 Å². The number of hydrogen-bond acceptors (Lipinski definition) is 3. The predicted molar refractivity (Wildman–Crippen MR) is 69.8 cm³/mol. The van der Waals surface area contributed by atoms with Crippen LogP contribution < -0.4 is 0 Å². The molecule has 0 aromatic heterocycles. The summed E-state index contributed by atoms with van der Waals surface area (Å²) < 4.78 is 5.41. The van der Waals surface area contributed by atoms with Gasteiger partial charge in [-0.05, 0) is 32.1 Å². The van der Waals surface area contributed by atoms with Gasteiger partial charge in [-0.25, -0.2) is 0 Å². The fraction of sp³-hybridized carbons (Fsp3) is 0.857. The Morgan fingerprint density at radius 1 is 1.37 bits per heavy atom. The highest BCUT2D eigenvalue weighted by atomic mass is 16.5. The molecule has 1 atom stereocenters. The second-order valence-electron chi connectivity index (χ2n) is 5.66. The van der Waals surface area contributed by atoms with E-state index in [0.29, 0.717) is 39.0 Å². The fourth-order valence-electron chi connectivity index (χ4n) is 3.18. The molecule has 0 unspecified atom stereocenters. The number of carboxylic acid groups (broad SMARTS) is 1. The Kier molecular flexibility index (Phi) is 4.45. The first-order valence-electron chi connectivity index (χ1n) is 7.23. The summed E-state index contributed by atoms with van der Waals surface area (Å²) in [6.45, 7) is 3.77. The molecule has 1 N–H and O–H groups in total. The minimum absolute atomic E-state index is 0.0491. The van der Waals surface area contributed by atoms with Crippen molar-refractivity contribution < 1.29 is 19.4 Å². The molecule has 19 heavy (non-hydrogen) atoms. The standard InChI is InChI=1S/C14H23NO4/c1-2-5-14(13(17)18)6-8-15(9-7-14)12(16)11-4-3-10-19-11/h11H,2-10H2,1H3,(H,17,18)/t11-/m0/s1. The molecule has 5 heteroatoms. The average Bonchev–Trinajstić information content (AvgIpc) is 2.93. The van der Waals surface area contributed by atoms with E-state index in [1.165, 1.54) is 0 Å². The highest BCUT2D eigenvalue weighted by molar-refractivity contribution is 5.82. The minimum Gasteiger partial charge on any atom is -0.481 e. The van der Waals surface area contributed by atoms with Gasteiger partial charge in [0.15, 0.2) is 0 Å². The molecule has 0 radical (unpaired) electrons. The topological polar surface area (TPSA) is 66.8 Å². The second kappa shape index (κ2) is 5.90. The number of aliphatic carboxylic acids is 1. The molecule has 0 bridgehead atoms. The predicted octanol–water partition coefficient (Wildman–Crippen LogP) is 1.66. The van der Waals surface area contributed by atoms with Gasteiger partial charge >= 0.3 is 5.97 Å². The van der Waals surface area contributed by atoms with Gasteiger partial charge in [-0.15, -0.1) is 0 Å². The molecule has 0 aliphatic carbocycles. The summed E-state index contributed by atoms with van der Waals surface area (Å²) in [5.41, 5.74) is -0.623. The van der Waals surface area contributed by atoms with Crippen LogP contribution in [0.3, 0.4) is 0 Å². The molecule has 2 heterocycles. The lowest BCUT2D eigenvalue weighted by Gasteiger charge is -2.39. The number of carbonyl (C=O) groups is 2. The highest BCUT2D eigenvalue weighted by Crippen LogP contribution is 2.37. The van der Waals surface area contributed by atoms with Gasteiger partial charge in [-0.3, -0.25) is 9.59 Å². The quantitative estimate of drug-likeness (QED) is 0.843. The maximum absolute atomic E-state index is 12.2. The molecular formula is C14H23NO4. The maximum Gasteiger partial charge on any atom is 0.309 e. The van der Waals surface area contributed by atoms with Crippen LogP contribution >= 0.6 is 0 Å². The van der Waals surface area contributed by atoms with Gasteiger partial charge in [0.2, 0.25) is 0 Å². The van der Waals surface area contributed by atoms with E-state index in [2.05, 4.69) is 0 Å². The van der Waals surface area contributed by atoms with E-state index in [9.17, 15) is 14.7 Å². The Balaban J connectivity index is 1.93. The van der Waals surface area contributed by atoms with Crippen molar-refractivity contribution in [2.45, 2.75) is 51.6 Å². The summed E-state index contributed by atoms with van der Waals surface area (Å²) in [5, 5.41) is 9.43. The Morgan fingerprint density at radius 3 is 2.53 bits per heavy atom. The first-order valence-corrected chi connectivity index (χ1v) is 7.23. The van der Waals surface area contributed by atoms with Crippen LogP contribution in [0, 0.1) is 5.41 Å². The number of carboxylic acids is 1. The van der Waals surface area contributed by atoms with E-state index in [1.54, 1.807) is 4.90 Å². The number of ether oxygens (including phenoxy) is 1. The Labute approximate surface area is 113 Å². The monoisotopic (exact) mass is 269 g/mol. The van der Waals surface area contributed by atoms with Gasteiger partial charge < -0.3 is 14.7 Å². The lowest BCUT2D eigenvalue weighted by molar-refractivity contribution is -0.156. The molecule has 0 aromatic carbocycles. The van der Waals surface area contributed by atoms with E-state index >= 15 is 0 Å². The van der Waals surface area contributed by atoms with Crippen molar-refractivity contribution in [1.29, 1.82) is 0 Å². The summed E-state index contributed by atoms with van der Waals surface area (Å²) >= 11 is 0. The molecule has 2 fully saturated rings. The molecular weight excluding hydrogens is 246 g/mol. The lowest BCUT2D eigenvalue weighted by Crippen LogP contribution is -2.49. The summed E-state index contributed by atoms with van der Waals surface area (Å²) in [6, 6.07) is 0. The molecule has 0 spiro atoms. The molecule has 0 aromatic rings. The van der Waals surface area contributed by atoms with Gasteiger partial charge in [0, 0.05) is 19.7 Å². The third-order valence-electron chi connectivity index (χ3n) is 4.42. The Bertz CT molecular complexity index is 341. The summed E-state index contributed by atoms with van der Waals surface area (Å²) in [5.74, 6) is -0.661. The third-order valence-corrected chi connectivity index (χ3v) is 4.42. The van der Waals surface area contributed by atoms with E-state index in [1.807, 2.05) is 6.92 Å². The number of piperidine rings is 1. The van der Waals surface area contributed by atoms with E-state index in [0.717, 1.165) is 19.3 Å². The zero-order chi connectivity index (χ0) is 13.9. The molecule has 0 saturated carbocycles. The van der Waals surface area contributed by atoms with Crippen LogP contribution in [0.15, 0.2) is 0 Å². The van der Waals surface area contributed by atoms with Crippen molar-refractivity contribution in [1.82, 2.24) is 4.90 Å². The number of nitrogens with zero attached hydrogens (tertiary/aromatic N) is 1. The molecule has 2 aliphatic rings. The van der Waals surface area contributed by atoms with Crippen LogP contribution in [0.25, 0.3) is 0 Å². The molecule has 2 rings (SSSR count). The highest BCUT2D eigenvalue weighted by Gasteiger charge is 2.42. The van der Waals surface area contributed by atoms with Crippen LogP contribution in [0.4, 0.5) is 0 Å². The Morgan fingerprint density at radius 2 is 2.05 bits per heavy atom. The van der Waals surface area contributed by atoms with E-state index in [4.69, 9.17) is 4.74 Å². The smallest absolute Gasteiger partial charge is 0.309 e. The first kappa shape index (κ1) is 14.3. The normalized spacial score (nSPS) is 26.4. The summed E-state index contributed by atoms with van der Waals surface area (Å²) in [4.78, 5) is 25.4. The second-order valence-corrected chi connectivity index (χ2v) is 5.66. The fourth-order valence-corrected chi connectivity index (χ4v) is 3.18. The van der Waals surface area contributed by atoms with Gasteiger partial charge in [-0.1, -0.05) is 13.3 Å². The van der Waals surface area contributed by atoms with Crippen molar-refractivity contribution in [3.8, 4) is 0 Å². The van der Waals surface area contributed by atoms with Gasteiger partial charge in [0.1, 0.15) is 6.10 Å². The van der Waals surface area contributed by atoms with Crippen molar-refractivity contribution in [2.75, 3.05) is 19.7 Å². The van der Waals surface area contributed by atoms with Gasteiger partial charge in [0.05, 0.1) is 5.41 Å². The number of likely N-dealkylation sites (tertiary alicyclic amines) is 1. The summed E-state index contributed by atoms with van der Waals surface area (Å²) in [6.07, 6.45) is 4.15. The number of carbonyl (C=O) groups excluding carboxylic acids is 1. The largest absolute Gasteiger partial charge is 0.481 e. The SMILES string of the molecule is CCCC1(C(=O)O)CCN(C(=O)[C@@H]2CCCO2)CC1. The van der Waals surface area contributed by atoms with Gasteiger partial charge in [-0.2, -0.15) is 0 Å². The zero-order valence-corrected chi connectivity index (χ0v) is 11.6. The van der Waals surface area contributed by atoms with E-state index in [-0.39, 0.29) is 12.0 Å². The van der Waals surface area contributed by atoms with Crippen LogP contribution in [0.5, 0.6) is 0 Å². The summed E-state index contributed by atoms with van der Waals surface area (Å²) in [7, 11) is 0. The first-order chi connectivity index (χ1) is 9.09. The van der Waals surface area contributed by atoms with Crippen molar-refractivity contribution in [2.24, 2.45) is 5.41 Å². The average molecular weight is 269 g/mol. The van der Waals surface area contributed by atoms with Crippen molar-refractivity contribution in [3.63, 3.8) is 0 Å². The molecule has 2 saturated heterocycles. The van der Waals surface area contributed by atoms with Crippen molar-refractivity contribution in [3.05, 3.63) is 0 Å². The van der Waals surface area contributed by atoms with Gasteiger partial charge in [0.25, 0.3) is 5.91 Å². The molecule has 5 nitrogen and oxygen atoms in total. The number of amides is 1. The van der Waals surface area contributed by atoms with Crippen LogP contribution in [0.1, 0.15) is 45.4 Å². The number of rotatable bonds is 4. The third kappa shape index (κ3) is 2.91. The van der Waals surface area contributed by atoms with Crippen molar-refractivity contribution >= 4 is 11.9 Å². The molecule has 1 amide bonds.